The molecule has 20 heavy (non-hydrogen) atoms. The van der Waals surface area contributed by atoms with E-state index in [1.54, 1.807) is 24.3 Å². The lowest BCUT2D eigenvalue weighted by Gasteiger charge is -2.27. The molecule has 1 aromatic rings. The Balaban J connectivity index is 2.60. The summed E-state index contributed by atoms with van der Waals surface area (Å²) in [5, 5.41) is 0. The van der Waals surface area contributed by atoms with E-state index in [0.717, 1.165) is 4.90 Å². The number of nitrogen functional groups attached to an aromatic ring is 1. The molecule has 4 nitrogen and oxygen atoms in total. The van der Waals surface area contributed by atoms with Gasteiger partial charge >= 0.3 is 6.18 Å². The third-order valence-electron chi connectivity index (χ3n) is 2.54. The van der Waals surface area contributed by atoms with Crippen molar-refractivity contribution < 1.29 is 22.7 Å². The SMILES string of the molecule is CC(C)N(CC(F)(F)F)C(=O)COc1ccc(N)cc1. The van der Waals surface area contributed by atoms with Crippen LogP contribution in [-0.4, -0.2) is 36.2 Å². The number of nitrogens with two attached hydrogens (primary N) is 1. The molecule has 1 rings (SSSR count). The fourth-order valence-electron chi connectivity index (χ4n) is 1.54. The summed E-state index contributed by atoms with van der Waals surface area (Å²) in [7, 11) is 0. The molecule has 0 spiro atoms. The van der Waals surface area contributed by atoms with E-state index in [4.69, 9.17) is 10.5 Å². The van der Waals surface area contributed by atoms with Crippen LogP contribution < -0.4 is 10.5 Å². The number of amides is 1. The summed E-state index contributed by atoms with van der Waals surface area (Å²) in [6.45, 7) is 1.31. The van der Waals surface area contributed by atoms with Gasteiger partial charge in [-0.25, -0.2) is 0 Å². The average Bonchev–Trinajstić information content (AvgIpc) is 2.33. The third-order valence-corrected chi connectivity index (χ3v) is 2.54. The second-order valence-corrected chi connectivity index (χ2v) is 4.59. The number of hydrogen-bond donors (Lipinski definition) is 1. The summed E-state index contributed by atoms with van der Waals surface area (Å²) in [5.41, 5.74) is 6.02. The van der Waals surface area contributed by atoms with Crippen LogP contribution in [0.15, 0.2) is 24.3 Å². The highest BCUT2D eigenvalue weighted by Crippen LogP contribution is 2.19. The Morgan fingerprint density at radius 1 is 1.30 bits per heavy atom. The highest BCUT2D eigenvalue weighted by Gasteiger charge is 2.34. The van der Waals surface area contributed by atoms with Crippen molar-refractivity contribution in [2.24, 2.45) is 0 Å². The lowest BCUT2D eigenvalue weighted by molar-refractivity contribution is -0.165. The zero-order chi connectivity index (χ0) is 15.3. The van der Waals surface area contributed by atoms with Crippen molar-refractivity contribution in [1.29, 1.82) is 0 Å². The average molecular weight is 290 g/mol. The van der Waals surface area contributed by atoms with Crippen LogP contribution in [0.2, 0.25) is 0 Å². The Bertz CT molecular complexity index is 444. The molecule has 0 aliphatic carbocycles. The number of benzene rings is 1. The van der Waals surface area contributed by atoms with Crippen molar-refractivity contribution in [3.05, 3.63) is 24.3 Å². The van der Waals surface area contributed by atoms with Crippen LogP contribution >= 0.6 is 0 Å². The van der Waals surface area contributed by atoms with Crippen molar-refractivity contribution >= 4 is 11.6 Å². The molecular weight excluding hydrogens is 273 g/mol. The van der Waals surface area contributed by atoms with Crippen LogP contribution in [0.1, 0.15) is 13.8 Å². The Hall–Kier alpha value is -1.92. The Labute approximate surface area is 115 Å². The summed E-state index contributed by atoms with van der Waals surface area (Å²) in [5.74, 6) is -0.336. The number of rotatable bonds is 5. The minimum atomic E-state index is -4.43. The molecule has 0 unspecified atom stereocenters. The standard InChI is InChI=1S/C13H17F3N2O2/c1-9(2)18(8-13(14,15)16)12(19)7-20-11-5-3-10(17)4-6-11/h3-6,9H,7-8,17H2,1-2H3. The monoisotopic (exact) mass is 290 g/mol. The number of anilines is 1. The molecule has 0 aliphatic heterocycles. The molecule has 1 aromatic carbocycles. The minimum absolute atomic E-state index is 0.378. The van der Waals surface area contributed by atoms with E-state index in [-0.39, 0.29) is 0 Å². The fourth-order valence-corrected chi connectivity index (χ4v) is 1.54. The van der Waals surface area contributed by atoms with E-state index in [1.165, 1.54) is 13.8 Å². The number of ether oxygens (including phenoxy) is 1. The Morgan fingerprint density at radius 2 is 1.85 bits per heavy atom. The molecule has 7 heteroatoms. The van der Waals surface area contributed by atoms with Crippen molar-refractivity contribution in [2.45, 2.75) is 26.1 Å². The maximum Gasteiger partial charge on any atom is 0.406 e. The molecule has 2 N–H and O–H groups in total. The first-order chi connectivity index (χ1) is 9.19. The van der Waals surface area contributed by atoms with Gasteiger partial charge in [-0.3, -0.25) is 4.79 Å². The van der Waals surface area contributed by atoms with Gasteiger partial charge in [0.05, 0.1) is 0 Å². The van der Waals surface area contributed by atoms with Gasteiger partial charge in [-0.15, -0.1) is 0 Å². The Kier molecular flexibility index (Phi) is 5.24. The van der Waals surface area contributed by atoms with E-state index >= 15 is 0 Å². The zero-order valence-corrected chi connectivity index (χ0v) is 11.3. The summed E-state index contributed by atoms with van der Waals surface area (Å²) >= 11 is 0. The quantitative estimate of drug-likeness (QED) is 0.847. The summed E-state index contributed by atoms with van der Waals surface area (Å²) in [6, 6.07) is 5.70. The van der Waals surface area contributed by atoms with Gasteiger partial charge in [0, 0.05) is 11.7 Å². The van der Waals surface area contributed by atoms with Gasteiger partial charge < -0.3 is 15.4 Å². The summed E-state index contributed by atoms with van der Waals surface area (Å²) in [4.78, 5) is 12.5. The van der Waals surface area contributed by atoms with E-state index in [2.05, 4.69) is 0 Å². The van der Waals surface area contributed by atoms with Gasteiger partial charge in [-0.2, -0.15) is 13.2 Å². The zero-order valence-electron chi connectivity index (χ0n) is 11.3. The van der Waals surface area contributed by atoms with Crippen LogP contribution in [0.25, 0.3) is 0 Å². The maximum atomic E-state index is 12.4. The van der Waals surface area contributed by atoms with E-state index in [0.29, 0.717) is 11.4 Å². The largest absolute Gasteiger partial charge is 0.484 e. The molecule has 0 saturated carbocycles. The van der Waals surface area contributed by atoms with E-state index in [1.807, 2.05) is 0 Å². The van der Waals surface area contributed by atoms with Crippen molar-refractivity contribution in [3.8, 4) is 5.75 Å². The molecule has 1 amide bonds. The third kappa shape index (κ3) is 5.38. The minimum Gasteiger partial charge on any atom is -0.484 e. The highest BCUT2D eigenvalue weighted by molar-refractivity contribution is 5.78. The van der Waals surface area contributed by atoms with Crippen LogP contribution in [0.5, 0.6) is 5.75 Å². The van der Waals surface area contributed by atoms with Crippen LogP contribution in [0, 0.1) is 0 Å². The first-order valence-electron chi connectivity index (χ1n) is 6.03. The van der Waals surface area contributed by atoms with Crippen LogP contribution in [0.4, 0.5) is 18.9 Å². The van der Waals surface area contributed by atoms with Gasteiger partial charge in [0.2, 0.25) is 0 Å². The predicted octanol–water partition coefficient (Wildman–Crippen LogP) is 2.45. The normalized spacial score (nSPS) is 11.5. The number of carbonyl (C=O) groups is 1. The first-order valence-corrected chi connectivity index (χ1v) is 6.03. The topological polar surface area (TPSA) is 55.6 Å². The molecule has 112 valence electrons. The second-order valence-electron chi connectivity index (χ2n) is 4.59. The molecule has 0 atom stereocenters. The van der Waals surface area contributed by atoms with E-state index < -0.39 is 31.3 Å². The maximum absolute atomic E-state index is 12.4. The lowest BCUT2D eigenvalue weighted by atomic mass is 10.3. The number of hydrogen-bond acceptors (Lipinski definition) is 3. The van der Waals surface area contributed by atoms with Gasteiger partial charge in [-0.1, -0.05) is 0 Å². The molecule has 0 fully saturated rings. The Morgan fingerprint density at radius 3 is 2.30 bits per heavy atom. The second kappa shape index (κ2) is 6.49. The van der Waals surface area contributed by atoms with E-state index in [9.17, 15) is 18.0 Å². The smallest absolute Gasteiger partial charge is 0.406 e. The van der Waals surface area contributed by atoms with Gasteiger partial charge in [0.25, 0.3) is 5.91 Å². The predicted molar refractivity (Wildman–Crippen MR) is 69.3 cm³/mol. The highest BCUT2D eigenvalue weighted by atomic mass is 19.4. The van der Waals surface area contributed by atoms with Crippen molar-refractivity contribution in [1.82, 2.24) is 4.90 Å². The molecule has 0 aliphatic rings. The van der Waals surface area contributed by atoms with Crippen LogP contribution in [0.3, 0.4) is 0 Å². The first kappa shape index (κ1) is 16.1. The van der Waals surface area contributed by atoms with Crippen molar-refractivity contribution in [2.75, 3.05) is 18.9 Å². The molecule has 0 bridgehead atoms. The van der Waals surface area contributed by atoms with Gasteiger partial charge in [0.15, 0.2) is 6.61 Å². The van der Waals surface area contributed by atoms with Gasteiger partial charge in [-0.05, 0) is 38.1 Å². The number of carbonyl (C=O) groups excluding carboxylic acids is 1. The molecular formula is C13H17F3N2O2. The summed E-state index contributed by atoms with van der Waals surface area (Å²) in [6.07, 6.45) is -4.43. The van der Waals surface area contributed by atoms with Gasteiger partial charge in [0.1, 0.15) is 12.3 Å². The molecule has 0 heterocycles. The molecule has 0 radical (unpaired) electrons. The lowest BCUT2D eigenvalue weighted by Crippen LogP contribution is -2.45. The molecule has 0 saturated heterocycles. The molecule has 0 aromatic heterocycles. The number of alkyl halides is 3. The van der Waals surface area contributed by atoms with Crippen molar-refractivity contribution in [3.63, 3.8) is 0 Å². The van der Waals surface area contributed by atoms with Crippen LogP contribution in [-0.2, 0) is 4.79 Å². The number of halogens is 3. The fraction of sp³-hybridized carbons (Fsp3) is 0.462. The number of nitrogens with zero attached hydrogens (tertiary/aromatic N) is 1. The summed E-state index contributed by atoms with van der Waals surface area (Å²) < 4.78 is 42.3.